The molecule has 1 atom stereocenters. The minimum Gasteiger partial charge on any atom is -0.503 e. The fraction of sp³-hybridized carbons (Fsp3) is 0.474. The summed E-state index contributed by atoms with van der Waals surface area (Å²) < 4.78 is 18.6. The lowest BCUT2D eigenvalue weighted by atomic mass is 9.96. The Kier molecular flexibility index (Phi) is 5.68. The molecule has 0 spiro atoms. The van der Waals surface area contributed by atoms with Crippen molar-refractivity contribution in [1.82, 2.24) is 4.90 Å². The van der Waals surface area contributed by atoms with E-state index in [0.717, 1.165) is 39.3 Å². The van der Waals surface area contributed by atoms with Crippen molar-refractivity contribution in [2.24, 2.45) is 0 Å². The summed E-state index contributed by atoms with van der Waals surface area (Å²) in [6, 6.07) is 5.02. The number of ketones is 1. The molecular formula is C19H24FN2O4+. The molecule has 0 aliphatic carbocycles. The van der Waals surface area contributed by atoms with Crippen LogP contribution in [-0.4, -0.2) is 61.1 Å². The second kappa shape index (κ2) is 7.97. The Morgan fingerprint density at radius 1 is 1.31 bits per heavy atom. The van der Waals surface area contributed by atoms with E-state index in [-0.39, 0.29) is 11.4 Å². The summed E-state index contributed by atoms with van der Waals surface area (Å²) in [7, 11) is 0. The number of quaternary nitrogens is 1. The number of ether oxygens (including phenoxy) is 1. The van der Waals surface area contributed by atoms with Crippen molar-refractivity contribution in [2.45, 2.75) is 19.4 Å². The number of benzene rings is 1. The Hall–Kier alpha value is -2.25. The number of carbonyl (C=O) groups excluding carboxylic acids is 2. The Labute approximate surface area is 151 Å². The van der Waals surface area contributed by atoms with Crippen molar-refractivity contribution < 1.29 is 28.7 Å². The monoisotopic (exact) mass is 363 g/mol. The Morgan fingerprint density at radius 2 is 1.96 bits per heavy atom. The van der Waals surface area contributed by atoms with Crippen LogP contribution in [0.15, 0.2) is 35.6 Å². The Morgan fingerprint density at radius 3 is 2.58 bits per heavy atom. The average molecular weight is 363 g/mol. The normalized spacial score (nSPS) is 21.5. The van der Waals surface area contributed by atoms with Crippen LogP contribution in [0.1, 0.15) is 24.9 Å². The predicted molar refractivity (Wildman–Crippen MR) is 92.2 cm³/mol. The van der Waals surface area contributed by atoms with E-state index >= 15 is 0 Å². The van der Waals surface area contributed by atoms with Gasteiger partial charge in [0.25, 0.3) is 5.91 Å². The first-order valence-electron chi connectivity index (χ1n) is 8.91. The van der Waals surface area contributed by atoms with Gasteiger partial charge in [0.2, 0.25) is 0 Å². The first-order valence-corrected chi connectivity index (χ1v) is 8.91. The lowest BCUT2D eigenvalue weighted by molar-refractivity contribution is -0.908. The summed E-state index contributed by atoms with van der Waals surface area (Å²) in [4.78, 5) is 27.5. The first-order chi connectivity index (χ1) is 12.5. The molecule has 2 N–H and O–H groups in total. The van der Waals surface area contributed by atoms with E-state index in [9.17, 15) is 19.1 Å². The van der Waals surface area contributed by atoms with E-state index < -0.39 is 23.5 Å². The van der Waals surface area contributed by atoms with Crippen molar-refractivity contribution in [2.75, 3.05) is 39.4 Å². The molecule has 6 nitrogen and oxygen atoms in total. The van der Waals surface area contributed by atoms with Gasteiger partial charge in [0.05, 0.1) is 31.4 Å². The standard InChI is InChI=1S/C19H23FN2O4/c1-13(23)16-17(14-3-5-15(20)6-4-14)22(19(25)18(16)24)8-2-7-21-9-11-26-12-10-21/h3-6,17,24H,2,7-12H2,1H3/p+1/t17-/m0/s1. The molecule has 2 aliphatic rings. The van der Waals surface area contributed by atoms with Gasteiger partial charge in [-0.15, -0.1) is 0 Å². The highest BCUT2D eigenvalue weighted by Gasteiger charge is 2.42. The number of halogens is 1. The van der Waals surface area contributed by atoms with Crippen LogP contribution in [0.4, 0.5) is 4.39 Å². The van der Waals surface area contributed by atoms with Crippen molar-refractivity contribution in [3.8, 4) is 0 Å². The van der Waals surface area contributed by atoms with Gasteiger partial charge in [0, 0.05) is 13.0 Å². The van der Waals surface area contributed by atoms with Crippen molar-refractivity contribution >= 4 is 11.7 Å². The van der Waals surface area contributed by atoms with E-state index in [4.69, 9.17) is 4.74 Å². The van der Waals surface area contributed by atoms with E-state index in [0.29, 0.717) is 12.1 Å². The summed E-state index contributed by atoms with van der Waals surface area (Å²) in [5.74, 6) is -1.78. The van der Waals surface area contributed by atoms with Gasteiger partial charge < -0.3 is 19.6 Å². The number of carbonyl (C=O) groups is 2. The van der Waals surface area contributed by atoms with E-state index in [2.05, 4.69) is 0 Å². The highest BCUT2D eigenvalue weighted by molar-refractivity contribution is 6.08. The fourth-order valence-corrected chi connectivity index (χ4v) is 3.64. The lowest BCUT2D eigenvalue weighted by Gasteiger charge is -2.28. The average Bonchev–Trinajstić information content (AvgIpc) is 2.88. The summed E-state index contributed by atoms with van der Waals surface area (Å²) in [6.45, 7) is 6.01. The van der Waals surface area contributed by atoms with Crippen LogP contribution >= 0.6 is 0 Å². The number of nitrogens with one attached hydrogen (secondary N) is 1. The molecule has 2 heterocycles. The van der Waals surface area contributed by atoms with Gasteiger partial charge in [-0.3, -0.25) is 9.59 Å². The molecular weight excluding hydrogens is 339 g/mol. The van der Waals surface area contributed by atoms with Gasteiger partial charge in [0.1, 0.15) is 18.9 Å². The number of aliphatic hydroxyl groups excluding tert-OH is 1. The van der Waals surface area contributed by atoms with E-state index in [1.807, 2.05) is 0 Å². The van der Waals surface area contributed by atoms with Crippen LogP contribution in [-0.2, 0) is 14.3 Å². The van der Waals surface area contributed by atoms with Crippen LogP contribution in [0, 0.1) is 5.82 Å². The first kappa shape index (κ1) is 18.5. The molecule has 0 radical (unpaired) electrons. The van der Waals surface area contributed by atoms with Crippen molar-refractivity contribution in [3.63, 3.8) is 0 Å². The van der Waals surface area contributed by atoms with Gasteiger partial charge in [-0.2, -0.15) is 0 Å². The molecule has 0 aromatic heterocycles. The third-order valence-corrected chi connectivity index (χ3v) is 5.00. The summed E-state index contributed by atoms with van der Waals surface area (Å²) in [6.07, 6.45) is 0.747. The molecule has 1 fully saturated rings. The largest absolute Gasteiger partial charge is 0.503 e. The number of amides is 1. The zero-order valence-electron chi connectivity index (χ0n) is 14.8. The lowest BCUT2D eigenvalue weighted by Crippen LogP contribution is -3.14. The van der Waals surface area contributed by atoms with Crippen molar-refractivity contribution in [1.29, 1.82) is 0 Å². The highest BCUT2D eigenvalue weighted by Crippen LogP contribution is 2.37. The quantitative estimate of drug-likeness (QED) is 0.768. The van der Waals surface area contributed by atoms with Crippen LogP contribution < -0.4 is 4.90 Å². The van der Waals surface area contributed by atoms with Crippen LogP contribution in [0.3, 0.4) is 0 Å². The molecule has 3 rings (SSSR count). The van der Waals surface area contributed by atoms with Gasteiger partial charge >= 0.3 is 0 Å². The smallest absolute Gasteiger partial charge is 0.290 e. The van der Waals surface area contributed by atoms with Gasteiger partial charge in [-0.25, -0.2) is 4.39 Å². The molecule has 0 unspecified atom stereocenters. The number of rotatable bonds is 6. The summed E-state index contributed by atoms with van der Waals surface area (Å²) >= 11 is 0. The number of Topliss-reactive ketones (excluding diaryl/α,β-unsaturated/α-hetero) is 1. The zero-order valence-corrected chi connectivity index (χ0v) is 14.8. The predicted octanol–water partition coefficient (Wildman–Crippen LogP) is 0.415. The summed E-state index contributed by atoms with van der Waals surface area (Å²) in [5, 5.41) is 10.2. The number of nitrogens with zero attached hydrogens (tertiary/aromatic N) is 1. The molecule has 1 amide bonds. The minimum absolute atomic E-state index is 0.0836. The van der Waals surface area contributed by atoms with Crippen LogP contribution in [0.5, 0.6) is 0 Å². The number of hydrogen-bond acceptors (Lipinski definition) is 4. The Balaban J connectivity index is 1.76. The highest BCUT2D eigenvalue weighted by atomic mass is 19.1. The topological polar surface area (TPSA) is 71.3 Å². The number of hydrogen-bond donors (Lipinski definition) is 2. The van der Waals surface area contributed by atoms with Gasteiger partial charge in [-0.05, 0) is 24.6 Å². The maximum atomic E-state index is 13.3. The third kappa shape index (κ3) is 3.78. The molecule has 0 saturated carbocycles. The molecule has 1 aromatic carbocycles. The molecule has 2 aliphatic heterocycles. The second-order valence-electron chi connectivity index (χ2n) is 6.74. The maximum absolute atomic E-state index is 13.3. The molecule has 0 bridgehead atoms. The van der Waals surface area contributed by atoms with E-state index in [1.165, 1.54) is 28.9 Å². The molecule has 1 aromatic rings. The summed E-state index contributed by atoms with van der Waals surface area (Å²) in [5.41, 5.74) is 0.702. The molecule has 140 valence electrons. The second-order valence-corrected chi connectivity index (χ2v) is 6.74. The zero-order chi connectivity index (χ0) is 18.7. The number of aliphatic hydroxyl groups is 1. The van der Waals surface area contributed by atoms with E-state index in [1.54, 1.807) is 12.1 Å². The minimum atomic E-state index is -0.666. The maximum Gasteiger partial charge on any atom is 0.290 e. The fourth-order valence-electron chi connectivity index (χ4n) is 3.64. The Bertz CT molecular complexity index is 711. The van der Waals surface area contributed by atoms with Crippen molar-refractivity contribution in [3.05, 3.63) is 47.0 Å². The van der Waals surface area contributed by atoms with Crippen LogP contribution in [0.2, 0.25) is 0 Å². The van der Waals surface area contributed by atoms with Gasteiger partial charge in [0.15, 0.2) is 11.5 Å². The molecule has 7 heteroatoms. The SMILES string of the molecule is CC(=O)C1=C(O)C(=O)N(CCC[NH+]2CCOCC2)[C@H]1c1ccc(F)cc1. The molecule has 1 saturated heterocycles. The van der Waals surface area contributed by atoms with Gasteiger partial charge in [-0.1, -0.05) is 12.1 Å². The third-order valence-electron chi connectivity index (χ3n) is 5.00. The molecule has 26 heavy (non-hydrogen) atoms. The van der Waals surface area contributed by atoms with Crippen LogP contribution in [0.25, 0.3) is 0 Å². The number of morpholine rings is 1.